The van der Waals surface area contributed by atoms with Crippen LogP contribution in [0.5, 0.6) is 0 Å². The number of aliphatic hydroxyl groups excluding tert-OH is 1. The Kier molecular flexibility index (Phi) is 10.8. The van der Waals surface area contributed by atoms with Crippen molar-refractivity contribution < 1.29 is 20.1 Å². The Morgan fingerprint density at radius 2 is 2.00 bits per heavy atom. The summed E-state index contributed by atoms with van der Waals surface area (Å²) >= 11 is 1.49. The summed E-state index contributed by atoms with van der Waals surface area (Å²) in [5.41, 5.74) is 4.10. The van der Waals surface area contributed by atoms with Crippen LogP contribution < -0.4 is 5.73 Å². The molecule has 0 aromatic heterocycles. The number of thioether (sulfide) groups is 1. The fourth-order valence-electron chi connectivity index (χ4n) is 1.98. The molecule has 0 aromatic carbocycles. The van der Waals surface area contributed by atoms with Gasteiger partial charge in [-0.3, -0.25) is 0 Å². The molecule has 0 amide bonds. The Hall–Kier alpha value is -1.24. The zero-order chi connectivity index (χ0) is 18.8. The van der Waals surface area contributed by atoms with Gasteiger partial charge in [-0.05, 0) is 29.4 Å². The van der Waals surface area contributed by atoms with Crippen LogP contribution in [-0.4, -0.2) is 43.9 Å². The van der Waals surface area contributed by atoms with Crippen molar-refractivity contribution in [1.82, 2.24) is 0 Å². The Morgan fingerprint density at radius 1 is 1.38 bits per heavy atom. The average molecular weight is 358 g/mol. The minimum absolute atomic E-state index is 0.0195. The van der Waals surface area contributed by atoms with E-state index in [1.54, 1.807) is 6.08 Å². The highest BCUT2D eigenvalue weighted by atomic mass is 32.2. The standard InChI is InChI=1S/C18H31NO4S/c1-5-6-7-8-9-15(20)10-14(4)11-18(23,17(21)22)16(19)12-24-13(2)3/h8-10,13,16,20,23H,4-7,11-12,19H2,1-3H3,(H,21,22)/b9-8-,15-10+/t16?,18-/m1/s1. The van der Waals surface area contributed by atoms with E-state index in [4.69, 9.17) is 5.73 Å². The van der Waals surface area contributed by atoms with Crippen molar-refractivity contribution in [1.29, 1.82) is 0 Å². The quantitative estimate of drug-likeness (QED) is 0.242. The molecule has 5 N–H and O–H groups in total. The van der Waals surface area contributed by atoms with E-state index in [1.165, 1.54) is 17.8 Å². The molecule has 0 rings (SSSR count). The monoisotopic (exact) mass is 357 g/mol. The highest BCUT2D eigenvalue weighted by Gasteiger charge is 2.42. The second-order valence-electron chi connectivity index (χ2n) is 6.17. The third-order valence-corrected chi connectivity index (χ3v) is 4.67. The topological polar surface area (TPSA) is 104 Å². The number of rotatable bonds is 12. The number of aliphatic hydroxyl groups is 2. The minimum Gasteiger partial charge on any atom is -0.508 e. The van der Waals surface area contributed by atoms with Crippen molar-refractivity contribution in [3.8, 4) is 0 Å². The molecule has 0 bridgehead atoms. The van der Waals surface area contributed by atoms with Gasteiger partial charge in [0.25, 0.3) is 0 Å². The Morgan fingerprint density at radius 3 is 2.50 bits per heavy atom. The van der Waals surface area contributed by atoms with Crippen LogP contribution in [0.2, 0.25) is 0 Å². The SMILES string of the molecule is C=C(/C=C(O)\C=C/CCCC)C[C@](O)(C(=O)O)C(N)CSC(C)C. The molecular formula is C18H31NO4S. The molecule has 1 unspecified atom stereocenters. The summed E-state index contributed by atoms with van der Waals surface area (Å²) in [7, 11) is 0. The fourth-order valence-corrected chi connectivity index (χ4v) is 2.85. The van der Waals surface area contributed by atoms with Gasteiger partial charge in [-0.15, -0.1) is 0 Å². The first-order chi connectivity index (χ1) is 11.1. The van der Waals surface area contributed by atoms with Gasteiger partial charge in [0.1, 0.15) is 5.76 Å². The van der Waals surface area contributed by atoms with E-state index in [-0.39, 0.29) is 17.4 Å². The number of allylic oxidation sites excluding steroid dienone is 3. The Bertz CT molecular complexity index is 474. The van der Waals surface area contributed by atoms with E-state index in [9.17, 15) is 20.1 Å². The zero-order valence-corrected chi connectivity index (χ0v) is 15.7. The van der Waals surface area contributed by atoms with E-state index < -0.39 is 17.6 Å². The van der Waals surface area contributed by atoms with Gasteiger partial charge in [0.05, 0.1) is 6.04 Å². The van der Waals surface area contributed by atoms with Gasteiger partial charge in [-0.1, -0.05) is 46.3 Å². The summed E-state index contributed by atoms with van der Waals surface area (Å²) in [5.74, 6) is -1.08. The van der Waals surface area contributed by atoms with Gasteiger partial charge in [0.2, 0.25) is 0 Å². The van der Waals surface area contributed by atoms with E-state index in [0.717, 1.165) is 19.3 Å². The molecule has 0 aliphatic heterocycles. The van der Waals surface area contributed by atoms with Crippen LogP contribution in [-0.2, 0) is 4.79 Å². The molecule has 2 atom stereocenters. The normalized spacial score (nSPS) is 16.3. The molecule has 0 aliphatic carbocycles. The number of hydrogen-bond acceptors (Lipinski definition) is 5. The molecule has 138 valence electrons. The van der Waals surface area contributed by atoms with Crippen molar-refractivity contribution in [3.05, 3.63) is 36.1 Å². The smallest absolute Gasteiger partial charge is 0.337 e. The summed E-state index contributed by atoms with van der Waals surface area (Å²) in [5, 5.41) is 30.0. The first-order valence-electron chi connectivity index (χ1n) is 8.21. The highest BCUT2D eigenvalue weighted by Crippen LogP contribution is 2.24. The third-order valence-electron chi connectivity index (χ3n) is 3.45. The number of carbonyl (C=O) groups is 1. The van der Waals surface area contributed by atoms with Gasteiger partial charge in [0.15, 0.2) is 5.60 Å². The van der Waals surface area contributed by atoms with Crippen molar-refractivity contribution in [2.45, 2.75) is 63.3 Å². The summed E-state index contributed by atoms with van der Waals surface area (Å²) in [6, 6.07) is -0.935. The van der Waals surface area contributed by atoms with E-state index in [2.05, 4.69) is 13.5 Å². The van der Waals surface area contributed by atoms with Crippen molar-refractivity contribution in [2.24, 2.45) is 5.73 Å². The molecule has 0 aromatic rings. The maximum atomic E-state index is 11.5. The van der Waals surface area contributed by atoms with Crippen LogP contribution in [0.1, 0.15) is 46.5 Å². The fraction of sp³-hybridized carbons (Fsp3) is 0.611. The number of hydrogen-bond donors (Lipinski definition) is 4. The van der Waals surface area contributed by atoms with Crippen LogP contribution in [0.25, 0.3) is 0 Å². The second kappa shape index (κ2) is 11.3. The molecule has 0 saturated heterocycles. The lowest BCUT2D eigenvalue weighted by Crippen LogP contribution is -2.55. The predicted molar refractivity (Wildman–Crippen MR) is 101 cm³/mol. The van der Waals surface area contributed by atoms with Gasteiger partial charge in [0, 0.05) is 12.2 Å². The molecule has 24 heavy (non-hydrogen) atoms. The lowest BCUT2D eigenvalue weighted by atomic mass is 9.88. The number of nitrogens with two attached hydrogens (primary N) is 1. The average Bonchev–Trinajstić information content (AvgIpc) is 2.48. The van der Waals surface area contributed by atoms with Crippen LogP contribution in [0.15, 0.2) is 36.1 Å². The molecule has 0 spiro atoms. The van der Waals surface area contributed by atoms with Gasteiger partial charge >= 0.3 is 5.97 Å². The molecule has 0 radical (unpaired) electrons. The lowest BCUT2D eigenvalue weighted by Gasteiger charge is -2.30. The summed E-state index contributed by atoms with van der Waals surface area (Å²) < 4.78 is 0. The summed E-state index contributed by atoms with van der Waals surface area (Å²) in [6.45, 7) is 9.76. The Labute approximate surface area is 149 Å². The molecule has 5 nitrogen and oxygen atoms in total. The second-order valence-corrected chi connectivity index (χ2v) is 7.78. The van der Waals surface area contributed by atoms with E-state index in [0.29, 0.717) is 11.3 Å². The number of aliphatic carboxylic acids is 1. The van der Waals surface area contributed by atoms with Crippen LogP contribution in [0.3, 0.4) is 0 Å². The zero-order valence-electron chi connectivity index (χ0n) is 14.9. The summed E-state index contributed by atoms with van der Waals surface area (Å²) in [6.07, 6.45) is 7.47. The molecular weight excluding hydrogens is 326 g/mol. The van der Waals surface area contributed by atoms with E-state index >= 15 is 0 Å². The predicted octanol–water partition coefficient (Wildman–Crippen LogP) is 3.41. The maximum Gasteiger partial charge on any atom is 0.337 e. The van der Waals surface area contributed by atoms with E-state index in [1.807, 2.05) is 19.9 Å². The number of carboxylic acid groups (broad SMARTS) is 1. The highest BCUT2D eigenvalue weighted by molar-refractivity contribution is 7.99. The molecule has 0 aliphatic rings. The lowest BCUT2D eigenvalue weighted by molar-refractivity contribution is -0.160. The van der Waals surface area contributed by atoms with Gasteiger partial charge in [-0.2, -0.15) is 11.8 Å². The van der Waals surface area contributed by atoms with Gasteiger partial charge < -0.3 is 21.1 Å². The number of carboxylic acids is 1. The maximum absolute atomic E-state index is 11.5. The first-order valence-corrected chi connectivity index (χ1v) is 9.26. The van der Waals surface area contributed by atoms with Crippen molar-refractivity contribution >= 4 is 17.7 Å². The van der Waals surface area contributed by atoms with Crippen molar-refractivity contribution in [3.63, 3.8) is 0 Å². The summed E-state index contributed by atoms with van der Waals surface area (Å²) in [4.78, 5) is 11.5. The van der Waals surface area contributed by atoms with Crippen LogP contribution in [0, 0.1) is 0 Å². The van der Waals surface area contributed by atoms with Crippen molar-refractivity contribution in [2.75, 3.05) is 5.75 Å². The molecule has 6 heteroatoms. The van der Waals surface area contributed by atoms with Crippen LogP contribution >= 0.6 is 11.8 Å². The molecule has 0 heterocycles. The third kappa shape index (κ3) is 8.57. The Balaban J connectivity index is 4.89. The molecule has 0 saturated carbocycles. The van der Waals surface area contributed by atoms with Gasteiger partial charge in [-0.25, -0.2) is 4.79 Å². The minimum atomic E-state index is -2.11. The largest absolute Gasteiger partial charge is 0.508 e. The van der Waals surface area contributed by atoms with Crippen LogP contribution in [0.4, 0.5) is 0 Å². The number of unbranched alkanes of at least 4 members (excludes halogenated alkanes) is 2. The first kappa shape index (κ1) is 22.8. The molecule has 0 fully saturated rings.